The van der Waals surface area contributed by atoms with Gasteiger partial charge in [0.05, 0.1) is 22.1 Å². The second kappa shape index (κ2) is 11.5. The second-order valence-corrected chi connectivity index (χ2v) is 12.8. The third-order valence-corrected chi connectivity index (χ3v) is 9.86. The van der Waals surface area contributed by atoms with E-state index in [0.717, 1.165) is 62.9 Å². The lowest BCUT2D eigenvalue weighted by molar-refractivity contribution is 0.914. The van der Waals surface area contributed by atoms with Gasteiger partial charge in [0.25, 0.3) is 0 Å². The van der Waals surface area contributed by atoms with Gasteiger partial charge in [0.15, 0.2) is 11.6 Å². The molecule has 0 radical (unpaired) electrons. The van der Waals surface area contributed by atoms with Gasteiger partial charge in [-0.3, -0.25) is 4.57 Å². The topological polar surface area (TPSA) is 48.5 Å². The Morgan fingerprint density at radius 2 is 1.10 bits per heavy atom. The zero-order valence-electron chi connectivity index (χ0n) is 27.2. The highest BCUT2D eigenvalue weighted by molar-refractivity contribution is 6.26. The molecule has 0 unspecified atom stereocenters. The van der Waals surface area contributed by atoms with Gasteiger partial charge in [-0.1, -0.05) is 133 Å². The van der Waals surface area contributed by atoms with Crippen LogP contribution >= 0.6 is 0 Å². The molecule has 0 amide bonds. The quantitative estimate of drug-likeness (QED) is 0.188. The summed E-state index contributed by atoms with van der Waals surface area (Å²) in [7, 11) is 0. The molecule has 50 heavy (non-hydrogen) atoms. The van der Waals surface area contributed by atoms with Crippen LogP contribution in [0, 0.1) is 0 Å². The zero-order chi connectivity index (χ0) is 33.0. The average molecular weight is 642 g/mol. The predicted octanol–water partition coefficient (Wildman–Crippen LogP) is 11.1. The molecule has 0 N–H and O–H groups in total. The third kappa shape index (κ3) is 4.51. The van der Waals surface area contributed by atoms with Crippen molar-refractivity contribution in [1.82, 2.24) is 24.1 Å². The molecule has 0 aliphatic heterocycles. The minimum Gasteiger partial charge on any atom is -0.309 e. The smallest absolute Gasteiger partial charge is 0.238 e. The van der Waals surface area contributed by atoms with Crippen molar-refractivity contribution in [3.63, 3.8) is 0 Å². The molecule has 1 aliphatic carbocycles. The number of benzene rings is 6. The number of aromatic nitrogens is 5. The van der Waals surface area contributed by atoms with Gasteiger partial charge in [-0.15, -0.1) is 0 Å². The van der Waals surface area contributed by atoms with E-state index in [1.807, 2.05) is 18.2 Å². The van der Waals surface area contributed by atoms with Crippen LogP contribution in [-0.4, -0.2) is 24.1 Å². The van der Waals surface area contributed by atoms with E-state index >= 15 is 0 Å². The molecule has 10 rings (SSSR count). The van der Waals surface area contributed by atoms with E-state index in [0.29, 0.717) is 11.8 Å². The van der Waals surface area contributed by atoms with Crippen molar-refractivity contribution >= 4 is 49.2 Å². The third-order valence-electron chi connectivity index (χ3n) is 9.86. The molecule has 5 nitrogen and oxygen atoms in total. The van der Waals surface area contributed by atoms with Crippen LogP contribution in [0.1, 0.15) is 18.7 Å². The fourth-order valence-electron chi connectivity index (χ4n) is 7.54. The molecule has 6 aromatic carbocycles. The molecule has 1 aliphatic rings. The SMILES string of the molecule is C1=CCCC(c2nc(-c3ccccc3)nc(-n3c4ccccc4c4ccc5c(c6ccccc6n5-c5ccc(-c6ccccc6)cc5)c43)n2)=C1. The van der Waals surface area contributed by atoms with Crippen LogP contribution < -0.4 is 0 Å². The Bertz CT molecular complexity index is 2790. The van der Waals surface area contributed by atoms with Crippen molar-refractivity contribution in [2.75, 3.05) is 0 Å². The van der Waals surface area contributed by atoms with E-state index < -0.39 is 0 Å². The lowest BCUT2D eigenvalue weighted by Crippen LogP contribution is -2.08. The Morgan fingerprint density at radius 1 is 0.460 bits per heavy atom. The first kappa shape index (κ1) is 28.4. The second-order valence-electron chi connectivity index (χ2n) is 12.8. The number of fused-ring (bicyclic) bond motifs is 7. The fraction of sp³-hybridized carbons (Fsp3) is 0.0444. The van der Waals surface area contributed by atoms with E-state index in [9.17, 15) is 0 Å². The van der Waals surface area contributed by atoms with Crippen molar-refractivity contribution in [1.29, 1.82) is 0 Å². The number of allylic oxidation sites excluding steroid dienone is 4. The number of rotatable bonds is 5. The molecule has 9 aromatic rings. The Labute approximate surface area is 289 Å². The molecule has 0 saturated heterocycles. The molecule has 0 fully saturated rings. The van der Waals surface area contributed by atoms with E-state index in [1.54, 1.807) is 0 Å². The average Bonchev–Trinajstić information content (AvgIpc) is 3.72. The van der Waals surface area contributed by atoms with Crippen LogP contribution in [-0.2, 0) is 0 Å². The number of hydrogen-bond acceptors (Lipinski definition) is 3. The van der Waals surface area contributed by atoms with Crippen LogP contribution in [0.15, 0.2) is 164 Å². The van der Waals surface area contributed by atoms with Gasteiger partial charge in [0.1, 0.15) is 0 Å². The lowest BCUT2D eigenvalue weighted by atomic mass is 10.0. The van der Waals surface area contributed by atoms with Crippen molar-refractivity contribution in [2.45, 2.75) is 12.8 Å². The summed E-state index contributed by atoms with van der Waals surface area (Å²) in [4.78, 5) is 15.5. The van der Waals surface area contributed by atoms with Gasteiger partial charge >= 0.3 is 0 Å². The summed E-state index contributed by atoms with van der Waals surface area (Å²) in [5.41, 5.74) is 10.0. The lowest BCUT2D eigenvalue weighted by Gasteiger charge is -2.13. The van der Waals surface area contributed by atoms with Crippen LogP contribution in [0.2, 0.25) is 0 Å². The number of nitrogens with zero attached hydrogens (tertiary/aromatic N) is 5. The molecule has 0 bridgehead atoms. The zero-order valence-corrected chi connectivity index (χ0v) is 27.2. The minimum atomic E-state index is 0.618. The van der Waals surface area contributed by atoms with Gasteiger partial charge < -0.3 is 4.57 Å². The molecule has 0 atom stereocenters. The van der Waals surface area contributed by atoms with Crippen molar-refractivity contribution in [3.05, 3.63) is 170 Å². The largest absolute Gasteiger partial charge is 0.309 e. The van der Waals surface area contributed by atoms with Gasteiger partial charge in [-0.05, 0) is 59.9 Å². The van der Waals surface area contributed by atoms with Crippen LogP contribution in [0.5, 0.6) is 0 Å². The fourth-order valence-corrected chi connectivity index (χ4v) is 7.54. The van der Waals surface area contributed by atoms with Gasteiger partial charge in [-0.2, -0.15) is 9.97 Å². The molecule has 3 aromatic heterocycles. The molecule has 5 heteroatoms. The molecule has 3 heterocycles. The molecule has 0 spiro atoms. The highest BCUT2D eigenvalue weighted by Gasteiger charge is 2.23. The Hall–Kier alpha value is -6.59. The maximum atomic E-state index is 5.25. The monoisotopic (exact) mass is 641 g/mol. The standard InChI is InChI=1S/C45H31N5/c1-4-14-30(15-5-1)31-24-26-34(27-25-31)49-39-23-13-11-21-37(39)41-40(49)29-28-36-35-20-10-12-22-38(35)50(42(36)41)45-47-43(32-16-6-2-7-17-32)46-44(48-45)33-18-8-3-9-19-33/h1-8,10-18,20-29H,9,19H2. The minimum absolute atomic E-state index is 0.618. The summed E-state index contributed by atoms with van der Waals surface area (Å²) in [5.74, 6) is 2.00. The normalized spacial score (nSPS) is 13.1. The summed E-state index contributed by atoms with van der Waals surface area (Å²) in [6.45, 7) is 0. The molecular weight excluding hydrogens is 611 g/mol. The maximum Gasteiger partial charge on any atom is 0.238 e. The van der Waals surface area contributed by atoms with Gasteiger partial charge in [0.2, 0.25) is 5.95 Å². The van der Waals surface area contributed by atoms with Gasteiger partial charge in [0, 0.05) is 32.8 Å². The van der Waals surface area contributed by atoms with Crippen LogP contribution in [0.4, 0.5) is 0 Å². The first-order valence-electron chi connectivity index (χ1n) is 17.1. The Balaban J connectivity index is 1.28. The summed E-state index contributed by atoms with van der Waals surface area (Å²) >= 11 is 0. The Morgan fingerprint density at radius 3 is 1.84 bits per heavy atom. The van der Waals surface area contributed by atoms with Crippen LogP contribution in [0.3, 0.4) is 0 Å². The first-order valence-corrected chi connectivity index (χ1v) is 17.1. The van der Waals surface area contributed by atoms with E-state index in [4.69, 9.17) is 15.0 Å². The van der Waals surface area contributed by atoms with Gasteiger partial charge in [-0.25, -0.2) is 4.98 Å². The number of hydrogen-bond donors (Lipinski definition) is 0. The molecular formula is C45H31N5. The highest BCUT2D eigenvalue weighted by atomic mass is 15.2. The first-order chi connectivity index (χ1) is 24.8. The predicted molar refractivity (Wildman–Crippen MR) is 206 cm³/mol. The Kier molecular flexibility index (Phi) is 6.56. The summed E-state index contributed by atoms with van der Waals surface area (Å²) < 4.78 is 4.65. The van der Waals surface area contributed by atoms with Crippen molar-refractivity contribution < 1.29 is 0 Å². The number of para-hydroxylation sites is 2. The van der Waals surface area contributed by atoms with E-state index in [2.05, 4.69) is 155 Å². The molecule has 236 valence electrons. The highest BCUT2D eigenvalue weighted by Crippen LogP contribution is 2.42. The van der Waals surface area contributed by atoms with Crippen molar-refractivity contribution in [2.24, 2.45) is 0 Å². The van der Waals surface area contributed by atoms with Crippen molar-refractivity contribution in [3.8, 4) is 34.2 Å². The summed E-state index contributed by atoms with van der Waals surface area (Å²) in [5, 5.41) is 4.68. The maximum absolute atomic E-state index is 5.25. The van der Waals surface area contributed by atoms with Crippen LogP contribution in [0.25, 0.3) is 83.3 Å². The molecule has 0 saturated carbocycles. The van der Waals surface area contributed by atoms with E-state index in [1.165, 1.54) is 27.3 Å². The summed E-state index contributed by atoms with van der Waals surface area (Å²) in [6, 6.07) is 51.5. The van der Waals surface area contributed by atoms with E-state index in [-0.39, 0.29) is 0 Å². The summed E-state index contributed by atoms with van der Waals surface area (Å²) in [6.07, 6.45) is 8.30.